The number of halogens is 1. The highest BCUT2D eigenvalue weighted by Gasteiger charge is 2.46. The van der Waals surface area contributed by atoms with Gasteiger partial charge < -0.3 is 15.1 Å². The number of hydrogen-bond acceptors (Lipinski definition) is 4. The summed E-state index contributed by atoms with van der Waals surface area (Å²) in [5.41, 5.74) is 0.964. The van der Waals surface area contributed by atoms with Gasteiger partial charge in [0.05, 0.1) is 11.6 Å². The van der Waals surface area contributed by atoms with Crippen molar-refractivity contribution in [2.24, 2.45) is 5.92 Å². The van der Waals surface area contributed by atoms with E-state index in [4.69, 9.17) is 11.6 Å². The van der Waals surface area contributed by atoms with E-state index in [0.717, 1.165) is 0 Å². The number of phenols is 1. The summed E-state index contributed by atoms with van der Waals surface area (Å²) < 4.78 is 0. The molecule has 3 rings (SSSR count). The lowest BCUT2D eigenvalue weighted by Gasteiger charge is -2.27. The molecule has 0 saturated carbocycles. The van der Waals surface area contributed by atoms with Gasteiger partial charge in [-0.05, 0) is 47.9 Å². The molecule has 2 aromatic rings. The zero-order valence-corrected chi connectivity index (χ0v) is 15.8. The van der Waals surface area contributed by atoms with Crippen LogP contribution in [-0.4, -0.2) is 33.3 Å². The zero-order chi connectivity index (χ0) is 19.7. The van der Waals surface area contributed by atoms with Crippen LogP contribution in [-0.2, 0) is 9.59 Å². The third-order valence-corrected chi connectivity index (χ3v) is 4.66. The van der Waals surface area contributed by atoms with Crippen molar-refractivity contribution in [3.63, 3.8) is 0 Å². The summed E-state index contributed by atoms with van der Waals surface area (Å²) in [4.78, 5) is 26.9. The molecule has 1 saturated heterocycles. The molecule has 1 amide bonds. The second kappa shape index (κ2) is 7.45. The van der Waals surface area contributed by atoms with Crippen molar-refractivity contribution in [1.82, 2.24) is 4.90 Å². The number of carbonyl (C=O) groups excluding carboxylic acids is 2. The van der Waals surface area contributed by atoms with Gasteiger partial charge >= 0.3 is 0 Å². The molecule has 0 bridgehead atoms. The van der Waals surface area contributed by atoms with Crippen molar-refractivity contribution in [2.45, 2.75) is 19.9 Å². The van der Waals surface area contributed by atoms with Crippen molar-refractivity contribution in [3.05, 3.63) is 70.3 Å². The minimum Gasteiger partial charge on any atom is -0.508 e. The number of phenolic OH excluding ortho intramolecular Hbond substituents is 1. The summed E-state index contributed by atoms with van der Waals surface area (Å²) in [5, 5.41) is 21.2. The number of nitrogens with zero attached hydrogens (tertiary/aromatic N) is 1. The van der Waals surface area contributed by atoms with Crippen molar-refractivity contribution < 1.29 is 19.8 Å². The summed E-state index contributed by atoms with van der Waals surface area (Å²) >= 11 is 5.90. The third-order valence-electron chi connectivity index (χ3n) is 4.41. The van der Waals surface area contributed by atoms with Crippen molar-refractivity contribution in [3.8, 4) is 5.75 Å². The van der Waals surface area contributed by atoms with Gasteiger partial charge in [-0.15, -0.1) is 0 Å². The molecule has 140 valence electrons. The third kappa shape index (κ3) is 3.69. The van der Waals surface area contributed by atoms with Gasteiger partial charge in [-0.2, -0.15) is 0 Å². The van der Waals surface area contributed by atoms with E-state index in [-0.39, 0.29) is 23.0 Å². The predicted molar refractivity (Wildman–Crippen MR) is 103 cm³/mol. The predicted octanol–water partition coefficient (Wildman–Crippen LogP) is 4.12. The Kier molecular flexibility index (Phi) is 5.24. The number of likely N-dealkylation sites (tertiary alicyclic amines) is 1. The molecular weight excluding hydrogens is 366 g/mol. The van der Waals surface area contributed by atoms with E-state index in [9.17, 15) is 19.8 Å². The number of rotatable bonds is 4. The Hall–Kier alpha value is -2.79. The smallest absolute Gasteiger partial charge is 0.295 e. The van der Waals surface area contributed by atoms with Crippen LogP contribution < -0.4 is 0 Å². The highest BCUT2D eigenvalue weighted by atomic mass is 35.5. The van der Waals surface area contributed by atoms with Gasteiger partial charge in [0.15, 0.2) is 0 Å². The number of ketones is 1. The standard InChI is InChI=1S/C21H20ClNO4/c1-12(2)11-23-18(14-4-3-5-16(24)10-14)17(20(26)21(23)27)19(25)13-6-8-15(22)9-7-13/h3-10,12,18,24-25H,11H2,1-2H3/t18-/m1/s1. The number of benzene rings is 2. The average molecular weight is 386 g/mol. The molecule has 6 heteroatoms. The van der Waals surface area contributed by atoms with Gasteiger partial charge in [0.25, 0.3) is 11.7 Å². The van der Waals surface area contributed by atoms with Crippen LogP contribution in [0.4, 0.5) is 0 Å². The summed E-state index contributed by atoms with van der Waals surface area (Å²) in [6.45, 7) is 4.23. The normalized spacial score (nSPS) is 19.1. The van der Waals surface area contributed by atoms with Crippen LogP contribution >= 0.6 is 11.6 Å². The van der Waals surface area contributed by atoms with E-state index in [1.54, 1.807) is 36.4 Å². The molecule has 1 fully saturated rings. The van der Waals surface area contributed by atoms with Crippen LogP contribution in [0.5, 0.6) is 5.75 Å². The Balaban J connectivity index is 2.19. The number of hydrogen-bond donors (Lipinski definition) is 2. The minimum atomic E-state index is -0.768. The van der Waals surface area contributed by atoms with Crippen molar-refractivity contribution >= 4 is 29.1 Å². The molecule has 0 aromatic heterocycles. The van der Waals surface area contributed by atoms with Gasteiger partial charge in [0, 0.05) is 17.1 Å². The van der Waals surface area contributed by atoms with E-state index in [1.807, 2.05) is 13.8 Å². The summed E-state index contributed by atoms with van der Waals surface area (Å²) in [6.07, 6.45) is 0. The maximum Gasteiger partial charge on any atom is 0.295 e. The van der Waals surface area contributed by atoms with Crippen LogP contribution in [0.25, 0.3) is 5.76 Å². The first kappa shape index (κ1) is 19.0. The Morgan fingerprint density at radius 3 is 2.41 bits per heavy atom. The van der Waals surface area contributed by atoms with E-state index >= 15 is 0 Å². The van der Waals surface area contributed by atoms with Gasteiger partial charge in [-0.25, -0.2) is 0 Å². The van der Waals surface area contributed by atoms with Gasteiger partial charge in [-0.3, -0.25) is 9.59 Å². The number of aromatic hydroxyl groups is 1. The number of amides is 1. The summed E-state index contributed by atoms with van der Waals surface area (Å²) in [5.74, 6) is -1.51. The van der Waals surface area contributed by atoms with E-state index in [1.165, 1.54) is 17.0 Å². The fourth-order valence-corrected chi connectivity index (χ4v) is 3.39. The van der Waals surface area contributed by atoms with Crippen molar-refractivity contribution in [1.29, 1.82) is 0 Å². The van der Waals surface area contributed by atoms with Gasteiger partial charge in [0.1, 0.15) is 11.5 Å². The molecule has 1 aliphatic heterocycles. The lowest BCUT2D eigenvalue weighted by atomic mass is 9.95. The molecule has 0 unspecified atom stereocenters. The van der Waals surface area contributed by atoms with Crippen LogP contribution in [0.3, 0.4) is 0 Å². The fraction of sp³-hybridized carbons (Fsp3) is 0.238. The first-order valence-corrected chi connectivity index (χ1v) is 9.00. The number of aliphatic hydroxyl groups excluding tert-OH is 1. The molecule has 1 heterocycles. The Bertz CT molecular complexity index is 918. The largest absolute Gasteiger partial charge is 0.508 e. The van der Waals surface area contributed by atoms with Crippen LogP contribution in [0.2, 0.25) is 5.02 Å². The fourth-order valence-electron chi connectivity index (χ4n) is 3.27. The Labute approximate surface area is 162 Å². The summed E-state index contributed by atoms with van der Waals surface area (Å²) in [7, 11) is 0. The molecular formula is C21H20ClNO4. The molecule has 1 atom stereocenters. The molecule has 5 nitrogen and oxygen atoms in total. The van der Waals surface area contributed by atoms with E-state index in [2.05, 4.69) is 0 Å². The van der Waals surface area contributed by atoms with Crippen LogP contribution in [0.1, 0.15) is 31.0 Å². The van der Waals surface area contributed by atoms with Crippen LogP contribution in [0.15, 0.2) is 54.1 Å². The molecule has 27 heavy (non-hydrogen) atoms. The minimum absolute atomic E-state index is 0.00794. The summed E-state index contributed by atoms with van der Waals surface area (Å²) in [6, 6.07) is 12.0. The van der Waals surface area contributed by atoms with Gasteiger partial charge in [0.2, 0.25) is 0 Å². The quantitative estimate of drug-likeness (QED) is 0.471. The molecule has 2 N–H and O–H groups in total. The Morgan fingerprint density at radius 1 is 1.15 bits per heavy atom. The maximum absolute atomic E-state index is 12.7. The first-order chi connectivity index (χ1) is 12.8. The lowest BCUT2D eigenvalue weighted by molar-refractivity contribution is -0.140. The molecule has 1 aliphatic rings. The van der Waals surface area contributed by atoms with E-state index in [0.29, 0.717) is 22.7 Å². The monoisotopic (exact) mass is 385 g/mol. The second-order valence-electron chi connectivity index (χ2n) is 6.95. The number of carbonyl (C=O) groups is 2. The first-order valence-electron chi connectivity index (χ1n) is 8.63. The topological polar surface area (TPSA) is 77.8 Å². The molecule has 2 aromatic carbocycles. The average Bonchev–Trinajstić information content (AvgIpc) is 2.86. The highest BCUT2D eigenvalue weighted by Crippen LogP contribution is 2.40. The number of Topliss-reactive ketones (excluding diaryl/α,β-unsaturated/α-hetero) is 1. The van der Waals surface area contributed by atoms with Gasteiger partial charge in [-0.1, -0.05) is 37.6 Å². The Morgan fingerprint density at radius 2 is 1.81 bits per heavy atom. The van der Waals surface area contributed by atoms with E-state index < -0.39 is 17.7 Å². The maximum atomic E-state index is 12.7. The van der Waals surface area contributed by atoms with Crippen LogP contribution in [0, 0.1) is 5.92 Å². The zero-order valence-electron chi connectivity index (χ0n) is 15.0. The highest BCUT2D eigenvalue weighted by molar-refractivity contribution is 6.46. The lowest BCUT2D eigenvalue weighted by Crippen LogP contribution is -2.33. The van der Waals surface area contributed by atoms with Crippen molar-refractivity contribution in [2.75, 3.05) is 6.54 Å². The molecule has 0 spiro atoms. The number of aliphatic hydroxyl groups is 1. The molecule has 0 aliphatic carbocycles. The molecule has 0 radical (unpaired) electrons. The second-order valence-corrected chi connectivity index (χ2v) is 7.38. The SMILES string of the molecule is CC(C)CN1C(=O)C(=O)C(=C(O)c2ccc(Cl)cc2)[C@H]1c1cccc(O)c1.